The van der Waals surface area contributed by atoms with Crippen LogP contribution in [0.3, 0.4) is 0 Å². The van der Waals surface area contributed by atoms with Gasteiger partial charge in [0, 0.05) is 22.9 Å². The van der Waals surface area contributed by atoms with Gasteiger partial charge in [0.15, 0.2) is 6.29 Å². The highest BCUT2D eigenvalue weighted by Crippen LogP contribution is 2.19. The summed E-state index contributed by atoms with van der Waals surface area (Å²) in [4.78, 5) is 58.2. The smallest absolute Gasteiger partial charge is 0.338 e. The lowest BCUT2D eigenvalue weighted by molar-refractivity contribution is -0.108. The van der Waals surface area contributed by atoms with Crippen LogP contribution in [0.25, 0.3) is 21.8 Å². The first-order valence-corrected chi connectivity index (χ1v) is 12.0. The molecule has 3 heterocycles. The van der Waals surface area contributed by atoms with Crippen molar-refractivity contribution in [3.63, 3.8) is 0 Å². The molecule has 202 valence electrons. The highest BCUT2D eigenvalue weighted by atomic mass is 16.7. The summed E-state index contributed by atoms with van der Waals surface area (Å²) in [6.45, 7) is 1.30. The van der Waals surface area contributed by atoms with Crippen LogP contribution in [-0.4, -0.2) is 61.1 Å². The molecule has 11 heteroatoms. The molecule has 5 rings (SSSR count). The number of carbonyl (C=O) groups is 3. The number of hydrogen-bond acceptors (Lipinski definition) is 9. The molecule has 0 N–H and O–H groups in total. The normalized spacial score (nSPS) is 13.1. The summed E-state index contributed by atoms with van der Waals surface area (Å²) in [5.41, 5.74) is 0.985. The van der Waals surface area contributed by atoms with Crippen molar-refractivity contribution >= 4 is 40.0 Å². The summed E-state index contributed by atoms with van der Waals surface area (Å²) in [6.07, 6.45) is 0.209. The van der Waals surface area contributed by atoms with Crippen LogP contribution in [-0.2, 0) is 36.8 Å². The summed E-state index contributed by atoms with van der Waals surface area (Å²) in [7, 11) is 2.55. The summed E-state index contributed by atoms with van der Waals surface area (Å²) in [5.74, 6) is -1.09. The van der Waals surface area contributed by atoms with E-state index < -0.39 is 23.8 Å². The molecule has 0 bridgehead atoms. The molecule has 2 aromatic heterocycles. The molecule has 4 aromatic rings. The lowest BCUT2D eigenvalue weighted by Crippen LogP contribution is -2.28. The molecule has 1 aliphatic heterocycles. The quantitative estimate of drug-likeness (QED) is 0.270. The van der Waals surface area contributed by atoms with E-state index in [4.69, 9.17) is 14.2 Å². The molecular weight excluding hydrogens is 508 g/mol. The molecular formula is C28H26N2O9. The van der Waals surface area contributed by atoms with Crippen molar-refractivity contribution in [3.8, 4) is 0 Å². The molecule has 1 aliphatic rings. The van der Waals surface area contributed by atoms with Gasteiger partial charge in [0.1, 0.15) is 6.29 Å². The van der Waals surface area contributed by atoms with Gasteiger partial charge >= 0.3 is 11.9 Å². The van der Waals surface area contributed by atoms with Crippen molar-refractivity contribution < 1.29 is 33.3 Å². The standard InChI is InChI=1S/C15H15NO5.C13H11NO4/c1-19-15(18)11-8-13(17)16(9-14-20-6-7-21-14)12-5-3-2-4-10(11)12;1-18-13(17)10-8-12(16)14(6-7-15)11-5-3-2-4-9(10)11/h2-5,8,14H,6-7,9H2,1H3;2-5,7-8H,6H2,1H3. The molecule has 0 atom stereocenters. The van der Waals surface area contributed by atoms with E-state index in [1.807, 2.05) is 12.1 Å². The number of aldehydes is 1. The summed E-state index contributed by atoms with van der Waals surface area (Å²) in [5, 5.41) is 1.26. The molecule has 0 unspecified atom stereocenters. The van der Waals surface area contributed by atoms with Gasteiger partial charge in [0.05, 0.1) is 62.7 Å². The highest BCUT2D eigenvalue weighted by Gasteiger charge is 2.20. The van der Waals surface area contributed by atoms with Gasteiger partial charge in [-0.15, -0.1) is 0 Å². The number of fused-ring (bicyclic) bond motifs is 2. The number of para-hydroxylation sites is 2. The van der Waals surface area contributed by atoms with E-state index in [2.05, 4.69) is 4.74 Å². The second kappa shape index (κ2) is 12.3. The number of methoxy groups -OCH3 is 2. The Morgan fingerprint density at radius 3 is 1.77 bits per heavy atom. The first-order valence-electron chi connectivity index (χ1n) is 12.0. The Kier molecular flexibility index (Phi) is 8.64. The first kappa shape index (κ1) is 27.4. The Hall–Kier alpha value is -4.61. The molecule has 0 spiro atoms. The minimum atomic E-state index is -0.568. The molecule has 39 heavy (non-hydrogen) atoms. The SMILES string of the molecule is COC(=O)c1cc(=O)n(CC2OCCO2)c2ccccc12.COC(=O)c1cc(=O)n(CC=O)c2ccccc12. The fourth-order valence-corrected chi connectivity index (χ4v) is 4.34. The van der Waals surface area contributed by atoms with Gasteiger partial charge in [-0.25, -0.2) is 9.59 Å². The number of aromatic nitrogens is 2. The fourth-order valence-electron chi connectivity index (χ4n) is 4.34. The van der Waals surface area contributed by atoms with E-state index in [-0.39, 0.29) is 23.2 Å². The average molecular weight is 535 g/mol. The molecule has 1 fully saturated rings. The monoisotopic (exact) mass is 534 g/mol. The van der Waals surface area contributed by atoms with Gasteiger partial charge in [-0.1, -0.05) is 36.4 Å². The molecule has 1 saturated heterocycles. The predicted octanol–water partition coefficient (Wildman–Crippen LogP) is 2.15. The first-order chi connectivity index (χ1) is 18.9. The zero-order chi connectivity index (χ0) is 27.9. The van der Waals surface area contributed by atoms with Crippen molar-refractivity contribution in [1.82, 2.24) is 9.13 Å². The zero-order valence-electron chi connectivity index (χ0n) is 21.3. The van der Waals surface area contributed by atoms with Crippen LogP contribution in [0.15, 0.2) is 70.3 Å². The number of carbonyl (C=O) groups excluding carboxylic acids is 3. The van der Waals surface area contributed by atoms with E-state index in [0.29, 0.717) is 47.9 Å². The number of pyridine rings is 2. The maximum absolute atomic E-state index is 12.3. The number of hydrogen-bond donors (Lipinski definition) is 0. The van der Waals surface area contributed by atoms with Crippen LogP contribution in [0.1, 0.15) is 20.7 Å². The minimum absolute atomic E-state index is 0.0409. The number of benzene rings is 2. The average Bonchev–Trinajstić information content (AvgIpc) is 3.48. The van der Waals surface area contributed by atoms with Gasteiger partial charge in [-0.05, 0) is 12.1 Å². The van der Waals surface area contributed by atoms with Gasteiger partial charge in [0.25, 0.3) is 11.1 Å². The van der Waals surface area contributed by atoms with Gasteiger partial charge in [-0.3, -0.25) is 9.59 Å². The predicted molar refractivity (Wildman–Crippen MR) is 141 cm³/mol. The largest absolute Gasteiger partial charge is 0.465 e. The number of rotatable bonds is 6. The van der Waals surface area contributed by atoms with Crippen molar-refractivity contribution in [1.29, 1.82) is 0 Å². The van der Waals surface area contributed by atoms with Crippen molar-refractivity contribution in [2.24, 2.45) is 0 Å². The van der Waals surface area contributed by atoms with Crippen molar-refractivity contribution in [2.45, 2.75) is 19.4 Å². The third kappa shape index (κ3) is 5.79. The summed E-state index contributed by atoms with van der Waals surface area (Å²) < 4.78 is 23.0. The second-order valence-corrected chi connectivity index (χ2v) is 8.37. The lowest BCUT2D eigenvalue weighted by atomic mass is 10.1. The van der Waals surface area contributed by atoms with E-state index in [1.54, 1.807) is 41.0 Å². The van der Waals surface area contributed by atoms with Crippen LogP contribution >= 0.6 is 0 Å². The Morgan fingerprint density at radius 1 is 0.821 bits per heavy atom. The maximum Gasteiger partial charge on any atom is 0.338 e. The van der Waals surface area contributed by atoms with Gasteiger partial charge in [0.2, 0.25) is 0 Å². The number of esters is 2. The van der Waals surface area contributed by atoms with Crippen molar-refractivity contribution in [2.75, 3.05) is 27.4 Å². The zero-order valence-corrected chi connectivity index (χ0v) is 21.3. The van der Waals surface area contributed by atoms with Crippen LogP contribution in [0.4, 0.5) is 0 Å². The number of nitrogens with zero attached hydrogens (tertiary/aromatic N) is 2. The second-order valence-electron chi connectivity index (χ2n) is 8.37. The molecule has 0 radical (unpaired) electrons. The Labute approximate surface area is 222 Å². The molecule has 0 saturated carbocycles. The number of ether oxygens (including phenoxy) is 4. The fraction of sp³-hybridized carbons (Fsp3) is 0.250. The van der Waals surface area contributed by atoms with E-state index in [1.165, 1.54) is 30.9 Å². The Balaban J connectivity index is 0.000000183. The molecule has 0 amide bonds. The molecule has 0 aliphatic carbocycles. The Morgan fingerprint density at radius 2 is 1.28 bits per heavy atom. The van der Waals surface area contributed by atoms with Crippen molar-refractivity contribution in [3.05, 3.63) is 92.5 Å². The molecule has 11 nitrogen and oxygen atoms in total. The third-order valence-electron chi connectivity index (χ3n) is 6.13. The topological polar surface area (TPSA) is 132 Å². The van der Waals surface area contributed by atoms with E-state index >= 15 is 0 Å². The van der Waals surface area contributed by atoms with Crippen LogP contribution in [0, 0.1) is 0 Å². The van der Waals surface area contributed by atoms with Crippen LogP contribution in [0.5, 0.6) is 0 Å². The minimum Gasteiger partial charge on any atom is -0.465 e. The van der Waals surface area contributed by atoms with E-state index in [9.17, 15) is 24.0 Å². The van der Waals surface area contributed by atoms with Crippen LogP contribution in [0.2, 0.25) is 0 Å². The van der Waals surface area contributed by atoms with Gasteiger partial charge < -0.3 is 32.9 Å². The van der Waals surface area contributed by atoms with Crippen LogP contribution < -0.4 is 11.1 Å². The Bertz CT molecular complexity index is 1650. The summed E-state index contributed by atoms with van der Waals surface area (Å²) in [6, 6.07) is 16.6. The highest BCUT2D eigenvalue weighted by molar-refractivity contribution is 6.04. The van der Waals surface area contributed by atoms with Gasteiger partial charge in [-0.2, -0.15) is 0 Å². The lowest BCUT2D eigenvalue weighted by Gasteiger charge is -2.15. The van der Waals surface area contributed by atoms with E-state index in [0.717, 1.165) is 0 Å². The third-order valence-corrected chi connectivity index (χ3v) is 6.13. The maximum atomic E-state index is 12.3. The summed E-state index contributed by atoms with van der Waals surface area (Å²) >= 11 is 0. The molecule has 2 aromatic carbocycles.